The summed E-state index contributed by atoms with van der Waals surface area (Å²) in [6.07, 6.45) is 5.43. The van der Waals surface area contributed by atoms with Gasteiger partial charge in [0, 0.05) is 18.6 Å². The molecular weight excluding hydrogens is 244 g/mol. The molecule has 3 N–H and O–H groups in total. The molecule has 0 bridgehead atoms. The van der Waals surface area contributed by atoms with Gasteiger partial charge < -0.3 is 10.6 Å². The van der Waals surface area contributed by atoms with Gasteiger partial charge in [0.05, 0.1) is 6.54 Å². The summed E-state index contributed by atoms with van der Waals surface area (Å²) in [5, 5.41) is 8.52. The highest BCUT2D eigenvalue weighted by Crippen LogP contribution is 2.17. The van der Waals surface area contributed by atoms with Gasteiger partial charge in [-0.3, -0.25) is 15.0 Å². The zero-order valence-corrected chi connectivity index (χ0v) is 11.6. The van der Waals surface area contributed by atoms with Gasteiger partial charge in [0.2, 0.25) is 5.91 Å². The number of hydrogen-bond acceptors (Lipinski definition) is 4. The number of likely N-dealkylation sites (N-methyl/N-ethyl adjacent to an activating group) is 1. The van der Waals surface area contributed by atoms with Gasteiger partial charge in [-0.15, -0.1) is 0 Å². The zero-order valence-electron chi connectivity index (χ0n) is 11.6. The topological polar surface area (TPSA) is 73.5 Å². The molecule has 1 saturated carbocycles. The van der Waals surface area contributed by atoms with Crippen LogP contribution in [-0.4, -0.2) is 55.6 Å². The highest BCUT2D eigenvalue weighted by molar-refractivity contribution is 5.95. The van der Waals surface area contributed by atoms with E-state index in [1.165, 1.54) is 0 Å². The summed E-state index contributed by atoms with van der Waals surface area (Å²) < 4.78 is 0. The Hall–Kier alpha value is -1.14. The summed E-state index contributed by atoms with van der Waals surface area (Å²) in [5.41, 5.74) is 0. The fourth-order valence-corrected chi connectivity index (χ4v) is 2.83. The maximum Gasteiger partial charge on any atom is 0.321 e. The van der Waals surface area contributed by atoms with Crippen molar-refractivity contribution in [1.82, 2.24) is 20.9 Å². The van der Waals surface area contributed by atoms with Crippen LogP contribution in [0.4, 0.5) is 4.79 Å². The van der Waals surface area contributed by atoms with E-state index < -0.39 is 0 Å². The van der Waals surface area contributed by atoms with Crippen molar-refractivity contribution >= 4 is 11.9 Å². The van der Waals surface area contributed by atoms with Crippen LogP contribution in [0.2, 0.25) is 0 Å². The fraction of sp³-hybridized carbons (Fsp3) is 0.846. The van der Waals surface area contributed by atoms with E-state index in [-0.39, 0.29) is 24.5 Å². The third kappa shape index (κ3) is 4.47. The van der Waals surface area contributed by atoms with Crippen LogP contribution in [0.5, 0.6) is 0 Å². The number of urea groups is 1. The minimum absolute atomic E-state index is 0.232. The Morgan fingerprint density at radius 1 is 1.26 bits per heavy atom. The first-order valence-corrected chi connectivity index (χ1v) is 7.16. The third-order valence-electron chi connectivity index (χ3n) is 3.99. The summed E-state index contributed by atoms with van der Waals surface area (Å²) >= 11 is 0. The second kappa shape index (κ2) is 6.86. The molecule has 19 heavy (non-hydrogen) atoms. The van der Waals surface area contributed by atoms with Crippen molar-refractivity contribution in [2.45, 2.75) is 44.2 Å². The maximum absolute atomic E-state index is 11.8. The predicted molar refractivity (Wildman–Crippen MR) is 72.8 cm³/mol. The number of hydrogen-bond donors (Lipinski definition) is 3. The Morgan fingerprint density at radius 2 is 2.00 bits per heavy atom. The number of carbonyl (C=O) groups excluding carboxylic acids is 2. The number of amides is 3. The highest BCUT2D eigenvalue weighted by Gasteiger charge is 2.22. The van der Waals surface area contributed by atoms with Gasteiger partial charge in [-0.2, -0.15) is 0 Å². The van der Waals surface area contributed by atoms with Crippen molar-refractivity contribution in [3.63, 3.8) is 0 Å². The van der Waals surface area contributed by atoms with E-state index >= 15 is 0 Å². The zero-order chi connectivity index (χ0) is 13.7. The Kier molecular flexibility index (Phi) is 5.15. The van der Waals surface area contributed by atoms with E-state index in [1.54, 1.807) is 0 Å². The van der Waals surface area contributed by atoms with Crippen LogP contribution in [0.15, 0.2) is 0 Å². The molecular formula is C13H24N4O2. The molecule has 3 amide bonds. The van der Waals surface area contributed by atoms with E-state index in [9.17, 15) is 9.59 Å². The standard InChI is InChI=1S/C13H24N4O2/c1-17(11-6-7-14-8-11)9-12(18)16-13(19)15-10-4-2-3-5-10/h10-11,14H,2-9H2,1H3,(H2,15,16,18,19). The number of imide groups is 1. The summed E-state index contributed by atoms with van der Waals surface area (Å²) in [7, 11) is 1.92. The Labute approximate surface area is 114 Å². The minimum Gasteiger partial charge on any atom is -0.335 e. The van der Waals surface area contributed by atoms with Crippen LogP contribution in [-0.2, 0) is 4.79 Å². The summed E-state index contributed by atoms with van der Waals surface area (Å²) in [5.74, 6) is -0.232. The molecule has 2 aliphatic rings. The molecule has 1 aliphatic heterocycles. The Bertz CT molecular complexity index is 323. The molecule has 2 rings (SSSR count). The first-order valence-electron chi connectivity index (χ1n) is 7.16. The minimum atomic E-state index is -0.352. The molecule has 1 saturated heterocycles. The largest absolute Gasteiger partial charge is 0.335 e. The normalized spacial score (nSPS) is 23.8. The van der Waals surface area contributed by atoms with E-state index in [1.807, 2.05) is 11.9 Å². The van der Waals surface area contributed by atoms with Crippen LogP contribution in [0.1, 0.15) is 32.1 Å². The molecule has 6 nitrogen and oxygen atoms in total. The summed E-state index contributed by atoms with van der Waals surface area (Å²) in [6.45, 7) is 2.18. The molecule has 0 aromatic rings. The van der Waals surface area contributed by atoms with Gasteiger partial charge in [0.1, 0.15) is 0 Å². The number of rotatable bonds is 4. The van der Waals surface area contributed by atoms with Crippen molar-refractivity contribution in [1.29, 1.82) is 0 Å². The lowest BCUT2D eigenvalue weighted by atomic mass is 10.2. The van der Waals surface area contributed by atoms with Gasteiger partial charge in [-0.05, 0) is 32.9 Å². The third-order valence-corrected chi connectivity index (χ3v) is 3.99. The lowest BCUT2D eigenvalue weighted by molar-refractivity contribution is -0.121. The Balaban J connectivity index is 1.66. The van der Waals surface area contributed by atoms with Crippen LogP contribution in [0.3, 0.4) is 0 Å². The molecule has 0 aromatic heterocycles. The SMILES string of the molecule is CN(CC(=O)NC(=O)NC1CCCC1)C1CCNC1. The molecule has 108 valence electrons. The van der Waals surface area contributed by atoms with Crippen LogP contribution < -0.4 is 16.0 Å². The van der Waals surface area contributed by atoms with Gasteiger partial charge in [-0.1, -0.05) is 12.8 Å². The average Bonchev–Trinajstić information content (AvgIpc) is 3.00. The van der Waals surface area contributed by atoms with Gasteiger partial charge in [0.25, 0.3) is 0 Å². The summed E-state index contributed by atoms with van der Waals surface area (Å²) in [6, 6.07) is 0.281. The molecule has 0 aromatic carbocycles. The lowest BCUT2D eigenvalue weighted by Crippen LogP contribution is -2.48. The number of nitrogens with one attached hydrogen (secondary N) is 3. The van der Waals surface area contributed by atoms with E-state index in [4.69, 9.17) is 0 Å². The van der Waals surface area contributed by atoms with E-state index in [2.05, 4.69) is 16.0 Å². The lowest BCUT2D eigenvalue weighted by Gasteiger charge is -2.22. The van der Waals surface area contributed by atoms with Crippen molar-refractivity contribution in [2.75, 3.05) is 26.7 Å². The molecule has 0 spiro atoms. The molecule has 1 atom stereocenters. The van der Waals surface area contributed by atoms with Crippen LogP contribution in [0, 0.1) is 0 Å². The van der Waals surface area contributed by atoms with E-state index in [0.29, 0.717) is 6.04 Å². The smallest absolute Gasteiger partial charge is 0.321 e. The second-order valence-corrected chi connectivity index (χ2v) is 5.56. The monoisotopic (exact) mass is 268 g/mol. The Morgan fingerprint density at radius 3 is 2.63 bits per heavy atom. The molecule has 6 heteroatoms. The van der Waals surface area contributed by atoms with Crippen molar-refractivity contribution < 1.29 is 9.59 Å². The second-order valence-electron chi connectivity index (χ2n) is 5.56. The number of carbonyl (C=O) groups is 2. The fourth-order valence-electron chi connectivity index (χ4n) is 2.83. The van der Waals surface area contributed by atoms with Gasteiger partial charge in [0.15, 0.2) is 0 Å². The molecule has 1 aliphatic carbocycles. The molecule has 2 fully saturated rings. The van der Waals surface area contributed by atoms with Crippen LogP contribution >= 0.6 is 0 Å². The average molecular weight is 268 g/mol. The predicted octanol–water partition coefficient (Wildman–Crippen LogP) is 0.0485. The molecule has 1 unspecified atom stereocenters. The van der Waals surface area contributed by atoms with Crippen molar-refractivity contribution in [2.24, 2.45) is 0 Å². The van der Waals surface area contributed by atoms with Gasteiger partial charge >= 0.3 is 6.03 Å². The molecule has 1 heterocycles. The van der Waals surface area contributed by atoms with Crippen molar-refractivity contribution in [3.8, 4) is 0 Å². The van der Waals surface area contributed by atoms with Crippen molar-refractivity contribution in [3.05, 3.63) is 0 Å². The van der Waals surface area contributed by atoms with E-state index in [0.717, 1.165) is 45.2 Å². The molecule has 0 radical (unpaired) electrons. The van der Waals surface area contributed by atoms with Gasteiger partial charge in [-0.25, -0.2) is 4.79 Å². The van der Waals surface area contributed by atoms with Crippen LogP contribution in [0.25, 0.3) is 0 Å². The quantitative estimate of drug-likeness (QED) is 0.673. The first kappa shape index (κ1) is 14.3. The maximum atomic E-state index is 11.8. The highest BCUT2D eigenvalue weighted by atomic mass is 16.2. The first-order chi connectivity index (χ1) is 9.15. The number of nitrogens with zero attached hydrogens (tertiary/aromatic N) is 1. The summed E-state index contributed by atoms with van der Waals surface area (Å²) in [4.78, 5) is 25.4.